The van der Waals surface area contributed by atoms with Gasteiger partial charge < -0.3 is 15.2 Å². The van der Waals surface area contributed by atoms with Crippen LogP contribution in [0.1, 0.15) is 23.8 Å². The van der Waals surface area contributed by atoms with E-state index in [9.17, 15) is 9.59 Å². The van der Waals surface area contributed by atoms with Gasteiger partial charge in [0.2, 0.25) is 5.91 Å². The van der Waals surface area contributed by atoms with Crippen LogP contribution in [0.5, 0.6) is 0 Å². The molecule has 0 aliphatic heterocycles. The topological polar surface area (TPSA) is 75.6 Å². The standard InChI is InChI=1S/C14H19NO4S/c1-10(8-19-2)5-13(16)15-7-12-6-11(9-20-12)3-4-14(17)18/h3-4,6,9-10H,5,7-8H2,1-2H3,(H,15,16)(H,17,18)/b4-3+. The highest BCUT2D eigenvalue weighted by Gasteiger charge is 2.09. The molecule has 1 atom stereocenters. The number of carbonyl (C=O) groups is 2. The van der Waals surface area contributed by atoms with E-state index in [0.717, 1.165) is 16.5 Å². The van der Waals surface area contributed by atoms with Crippen LogP contribution in [0, 0.1) is 5.92 Å². The van der Waals surface area contributed by atoms with E-state index < -0.39 is 5.97 Å². The van der Waals surface area contributed by atoms with Crippen molar-refractivity contribution in [3.8, 4) is 0 Å². The molecule has 0 aromatic carbocycles. The van der Waals surface area contributed by atoms with E-state index in [1.165, 1.54) is 17.4 Å². The van der Waals surface area contributed by atoms with Gasteiger partial charge in [-0.3, -0.25) is 4.79 Å². The largest absolute Gasteiger partial charge is 0.478 e. The maximum Gasteiger partial charge on any atom is 0.328 e. The predicted octanol–water partition coefficient (Wildman–Crippen LogP) is 2.13. The van der Waals surface area contributed by atoms with Crippen molar-refractivity contribution in [2.45, 2.75) is 19.9 Å². The molecule has 0 saturated heterocycles. The molecule has 1 amide bonds. The Bertz CT molecular complexity index is 481. The molecule has 0 fully saturated rings. The van der Waals surface area contributed by atoms with Crippen LogP contribution < -0.4 is 5.32 Å². The summed E-state index contributed by atoms with van der Waals surface area (Å²) in [5.41, 5.74) is 0.828. The van der Waals surface area contributed by atoms with E-state index in [-0.39, 0.29) is 11.8 Å². The summed E-state index contributed by atoms with van der Waals surface area (Å²) in [6, 6.07) is 1.86. The lowest BCUT2D eigenvalue weighted by molar-refractivity contribution is -0.131. The molecule has 0 aliphatic carbocycles. The third kappa shape index (κ3) is 6.49. The van der Waals surface area contributed by atoms with Gasteiger partial charge in [-0.25, -0.2) is 4.79 Å². The number of nitrogens with one attached hydrogen (secondary N) is 1. The molecule has 2 N–H and O–H groups in total. The molecule has 0 bridgehead atoms. The van der Waals surface area contributed by atoms with Crippen LogP contribution in [0.15, 0.2) is 17.5 Å². The second-order valence-electron chi connectivity index (χ2n) is 4.56. The van der Waals surface area contributed by atoms with Gasteiger partial charge in [0, 0.05) is 31.1 Å². The predicted molar refractivity (Wildman–Crippen MR) is 78.5 cm³/mol. The minimum absolute atomic E-state index is 0.00872. The van der Waals surface area contributed by atoms with E-state index in [1.807, 2.05) is 18.4 Å². The monoisotopic (exact) mass is 297 g/mol. The lowest BCUT2D eigenvalue weighted by Crippen LogP contribution is -2.25. The number of methoxy groups -OCH3 is 1. The van der Waals surface area contributed by atoms with Crippen LogP contribution >= 0.6 is 11.3 Å². The molecule has 1 aromatic heterocycles. The van der Waals surface area contributed by atoms with Gasteiger partial charge in [0.15, 0.2) is 0 Å². The summed E-state index contributed by atoms with van der Waals surface area (Å²) in [5.74, 6) is -0.791. The Morgan fingerprint density at radius 2 is 2.30 bits per heavy atom. The number of aliphatic carboxylic acids is 1. The van der Waals surface area contributed by atoms with Crippen molar-refractivity contribution in [2.24, 2.45) is 5.92 Å². The fraction of sp³-hybridized carbons (Fsp3) is 0.429. The Kier molecular flexibility index (Phi) is 6.97. The molecule has 0 saturated carbocycles. The first-order chi connectivity index (χ1) is 9.51. The first kappa shape index (κ1) is 16.4. The zero-order valence-corrected chi connectivity index (χ0v) is 12.4. The third-order valence-corrected chi connectivity index (χ3v) is 3.49. The number of carbonyl (C=O) groups excluding carboxylic acids is 1. The van der Waals surface area contributed by atoms with Gasteiger partial charge in [-0.15, -0.1) is 11.3 Å². The summed E-state index contributed by atoms with van der Waals surface area (Å²) in [4.78, 5) is 23.1. The first-order valence-corrected chi connectivity index (χ1v) is 7.13. The number of rotatable bonds is 8. The highest BCUT2D eigenvalue weighted by Crippen LogP contribution is 2.16. The van der Waals surface area contributed by atoms with Crippen LogP contribution in [-0.2, 0) is 20.9 Å². The Balaban J connectivity index is 2.38. The molecular formula is C14H19NO4S. The Labute approximate surface area is 122 Å². The summed E-state index contributed by atoms with van der Waals surface area (Å²) in [5, 5.41) is 13.2. The van der Waals surface area contributed by atoms with Crippen molar-refractivity contribution < 1.29 is 19.4 Å². The van der Waals surface area contributed by atoms with E-state index in [4.69, 9.17) is 9.84 Å². The summed E-state index contributed by atoms with van der Waals surface area (Å²) < 4.78 is 4.98. The SMILES string of the molecule is COCC(C)CC(=O)NCc1cc(/C=C/C(=O)O)cs1. The number of ether oxygens (including phenoxy) is 1. The highest BCUT2D eigenvalue weighted by molar-refractivity contribution is 7.10. The van der Waals surface area contributed by atoms with Crippen LogP contribution in [0.4, 0.5) is 0 Å². The van der Waals surface area contributed by atoms with Crippen molar-refractivity contribution in [1.82, 2.24) is 5.32 Å². The van der Waals surface area contributed by atoms with Gasteiger partial charge in [-0.2, -0.15) is 0 Å². The molecule has 6 heteroatoms. The second kappa shape index (κ2) is 8.50. The summed E-state index contributed by atoms with van der Waals surface area (Å²) in [6.45, 7) is 2.99. The Hall–Kier alpha value is -1.66. The summed E-state index contributed by atoms with van der Waals surface area (Å²) >= 11 is 1.49. The number of hydrogen-bond donors (Lipinski definition) is 2. The molecule has 5 nitrogen and oxygen atoms in total. The minimum Gasteiger partial charge on any atom is -0.478 e. The van der Waals surface area contributed by atoms with Crippen LogP contribution in [-0.4, -0.2) is 30.7 Å². The van der Waals surface area contributed by atoms with Crippen LogP contribution in [0.3, 0.4) is 0 Å². The number of thiophene rings is 1. The maximum absolute atomic E-state index is 11.7. The van der Waals surface area contributed by atoms with Gasteiger partial charge in [0.05, 0.1) is 6.54 Å². The van der Waals surface area contributed by atoms with Gasteiger partial charge in [-0.1, -0.05) is 6.92 Å². The third-order valence-electron chi connectivity index (χ3n) is 2.54. The van der Waals surface area contributed by atoms with Gasteiger partial charge in [-0.05, 0) is 29.0 Å². The van der Waals surface area contributed by atoms with E-state index >= 15 is 0 Å². The molecule has 0 aliphatic rings. The molecule has 110 valence electrons. The van der Waals surface area contributed by atoms with Crippen molar-refractivity contribution in [2.75, 3.05) is 13.7 Å². The smallest absolute Gasteiger partial charge is 0.328 e. The molecule has 1 aromatic rings. The average Bonchev–Trinajstić information content (AvgIpc) is 2.82. The number of hydrogen-bond acceptors (Lipinski definition) is 4. The minimum atomic E-state index is -0.974. The van der Waals surface area contributed by atoms with Crippen molar-refractivity contribution >= 4 is 29.3 Å². The Morgan fingerprint density at radius 1 is 1.55 bits per heavy atom. The Morgan fingerprint density at radius 3 is 2.95 bits per heavy atom. The maximum atomic E-state index is 11.7. The number of amides is 1. The lowest BCUT2D eigenvalue weighted by atomic mass is 10.1. The van der Waals surface area contributed by atoms with Crippen LogP contribution in [0.25, 0.3) is 6.08 Å². The summed E-state index contributed by atoms with van der Waals surface area (Å²) in [7, 11) is 1.62. The fourth-order valence-electron chi connectivity index (χ4n) is 1.66. The van der Waals surface area contributed by atoms with Crippen molar-refractivity contribution in [3.63, 3.8) is 0 Å². The molecule has 1 rings (SSSR count). The van der Waals surface area contributed by atoms with Gasteiger partial charge >= 0.3 is 5.97 Å². The second-order valence-corrected chi connectivity index (χ2v) is 5.56. The highest BCUT2D eigenvalue weighted by atomic mass is 32.1. The van der Waals surface area contributed by atoms with Gasteiger partial charge in [0.25, 0.3) is 0 Å². The summed E-state index contributed by atoms with van der Waals surface area (Å²) in [6.07, 6.45) is 3.06. The number of carboxylic acids is 1. The zero-order chi connectivity index (χ0) is 15.0. The van der Waals surface area contributed by atoms with E-state index in [1.54, 1.807) is 7.11 Å². The molecule has 1 heterocycles. The number of carboxylic acid groups (broad SMARTS) is 1. The van der Waals surface area contributed by atoms with Gasteiger partial charge in [0.1, 0.15) is 0 Å². The lowest BCUT2D eigenvalue weighted by Gasteiger charge is -2.09. The molecular weight excluding hydrogens is 278 g/mol. The first-order valence-electron chi connectivity index (χ1n) is 6.25. The zero-order valence-electron chi connectivity index (χ0n) is 11.6. The van der Waals surface area contributed by atoms with E-state index in [2.05, 4.69) is 5.32 Å². The molecule has 0 radical (unpaired) electrons. The normalized spacial score (nSPS) is 12.5. The fourth-order valence-corrected chi connectivity index (χ4v) is 2.46. The van der Waals surface area contributed by atoms with Crippen molar-refractivity contribution in [3.05, 3.63) is 28.0 Å². The van der Waals surface area contributed by atoms with E-state index in [0.29, 0.717) is 19.6 Å². The van der Waals surface area contributed by atoms with Crippen molar-refractivity contribution in [1.29, 1.82) is 0 Å². The molecule has 20 heavy (non-hydrogen) atoms. The quantitative estimate of drug-likeness (QED) is 0.721. The molecule has 1 unspecified atom stereocenters. The average molecular weight is 297 g/mol. The van der Waals surface area contributed by atoms with Crippen LogP contribution in [0.2, 0.25) is 0 Å². The molecule has 0 spiro atoms.